The van der Waals surface area contributed by atoms with Crippen LogP contribution in [0.3, 0.4) is 0 Å². The van der Waals surface area contributed by atoms with E-state index in [-0.39, 0.29) is 12.4 Å². The van der Waals surface area contributed by atoms with Crippen LogP contribution in [-0.4, -0.2) is 82.8 Å². The molecule has 0 amide bonds. The van der Waals surface area contributed by atoms with Crippen LogP contribution >= 0.6 is 0 Å². The first-order chi connectivity index (χ1) is 17.1. The van der Waals surface area contributed by atoms with Gasteiger partial charge in [-0.15, -0.1) is 0 Å². The van der Waals surface area contributed by atoms with Gasteiger partial charge in [0.15, 0.2) is 5.82 Å². The fourth-order valence-electron chi connectivity index (χ4n) is 3.69. The quantitative estimate of drug-likeness (QED) is 0.504. The molecule has 0 radical (unpaired) electrons. The number of aliphatic imine (C=N–C) groups is 1. The zero-order chi connectivity index (χ0) is 24.5. The Morgan fingerprint density at radius 2 is 1.97 bits per heavy atom. The molecule has 1 unspecified atom stereocenters. The predicted octanol–water partition coefficient (Wildman–Crippen LogP) is 2.61. The Hall–Kier alpha value is -3.47. The number of aliphatic hydroxyl groups excluding tert-OH is 1. The first kappa shape index (κ1) is 24.6. The molecule has 2 aromatic rings. The lowest BCUT2D eigenvalue weighted by atomic mass is 10.2. The van der Waals surface area contributed by atoms with E-state index in [1.54, 1.807) is 24.3 Å². The number of β-amino-alcohol motifs (C(OH)–C–C–N with tert-alkyl or cyclic N) is 1. The number of halogens is 1. The summed E-state index contributed by atoms with van der Waals surface area (Å²) in [6, 6.07) is 6.26. The first-order valence-electron chi connectivity index (χ1n) is 11.6. The van der Waals surface area contributed by atoms with E-state index in [9.17, 15) is 9.50 Å². The van der Waals surface area contributed by atoms with Crippen LogP contribution in [0.5, 0.6) is 0 Å². The molecule has 0 spiro atoms. The van der Waals surface area contributed by atoms with Gasteiger partial charge in [-0.1, -0.05) is 30.4 Å². The molecule has 1 fully saturated rings. The van der Waals surface area contributed by atoms with E-state index >= 15 is 0 Å². The molecular weight excluding hydrogens is 449 g/mol. The summed E-state index contributed by atoms with van der Waals surface area (Å²) in [6.45, 7) is 6.32. The van der Waals surface area contributed by atoms with Gasteiger partial charge in [-0.05, 0) is 42.3 Å². The third kappa shape index (κ3) is 7.78. The van der Waals surface area contributed by atoms with Crippen molar-refractivity contribution in [1.29, 1.82) is 0 Å². The Bertz CT molecular complexity index is 1130. The average molecular weight is 480 g/mol. The van der Waals surface area contributed by atoms with Gasteiger partial charge in [0.2, 0.25) is 11.9 Å². The Kier molecular flexibility index (Phi) is 8.66. The van der Waals surface area contributed by atoms with Crippen LogP contribution in [0.1, 0.15) is 18.3 Å². The normalized spacial score (nSPS) is 17.6. The van der Waals surface area contributed by atoms with Crippen molar-refractivity contribution < 1.29 is 14.2 Å². The molecule has 0 saturated carbocycles. The second-order valence-corrected chi connectivity index (χ2v) is 8.22. The number of nitrogens with zero attached hydrogens (tertiary/aromatic N) is 5. The molecule has 1 aromatic carbocycles. The molecule has 3 N–H and O–H groups in total. The number of allylic oxidation sites excluding steroid dienone is 1. The maximum atomic E-state index is 13.5. The second-order valence-electron chi connectivity index (χ2n) is 8.22. The maximum Gasteiger partial charge on any atom is 0.233 e. The van der Waals surface area contributed by atoms with E-state index in [0.29, 0.717) is 55.4 Å². The molecule has 2 aliphatic rings. The van der Waals surface area contributed by atoms with Gasteiger partial charge in [0.25, 0.3) is 0 Å². The van der Waals surface area contributed by atoms with Crippen molar-refractivity contribution in [2.75, 3.05) is 56.6 Å². The largest absolute Gasteiger partial charge is 0.390 e. The number of ether oxygens (including phenoxy) is 1. The van der Waals surface area contributed by atoms with Crippen LogP contribution in [0.25, 0.3) is 12.2 Å². The molecule has 35 heavy (non-hydrogen) atoms. The molecule has 1 saturated heterocycles. The van der Waals surface area contributed by atoms with Crippen molar-refractivity contribution in [2.45, 2.75) is 13.0 Å². The molecule has 2 aliphatic heterocycles. The van der Waals surface area contributed by atoms with Gasteiger partial charge < -0.3 is 20.5 Å². The summed E-state index contributed by atoms with van der Waals surface area (Å²) >= 11 is 0. The molecule has 4 rings (SSSR count). The summed E-state index contributed by atoms with van der Waals surface area (Å²) in [5.74, 6) is 1.36. The number of amidine groups is 1. The highest BCUT2D eigenvalue weighted by Gasteiger charge is 2.16. The van der Waals surface area contributed by atoms with Gasteiger partial charge in [-0.3, -0.25) is 9.89 Å². The topological polar surface area (TPSA) is 108 Å². The summed E-state index contributed by atoms with van der Waals surface area (Å²) in [7, 11) is 0. The monoisotopic (exact) mass is 479 g/mol. The van der Waals surface area contributed by atoms with Crippen molar-refractivity contribution in [2.24, 2.45) is 4.99 Å². The van der Waals surface area contributed by atoms with Crippen LogP contribution in [0, 0.1) is 5.82 Å². The lowest BCUT2D eigenvalue weighted by molar-refractivity contribution is 0.0171. The zero-order valence-electron chi connectivity index (χ0n) is 19.7. The molecule has 9 nitrogen and oxygen atoms in total. The van der Waals surface area contributed by atoms with E-state index in [2.05, 4.69) is 35.5 Å². The number of morpholine rings is 1. The van der Waals surface area contributed by atoms with Crippen LogP contribution < -0.4 is 10.6 Å². The Labute approximate surface area is 204 Å². The lowest BCUT2D eigenvalue weighted by Crippen LogP contribution is -2.42. The zero-order valence-corrected chi connectivity index (χ0v) is 19.7. The number of benzene rings is 1. The number of hydrogen-bond donors (Lipinski definition) is 3. The van der Waals surface area contributed by atoms with E-state index in [0.717, 1.165) is 18.7 Å². The standard InChI is InChI=1S/C25H30FN7O2/c1-2-4-19-14-23(27-15-19)31-25-30-22(8-7-18-5-3-6-20(26)13-18)29-24(32-25)28-16-21(34)17-33-9-11-35-12-10-33/h2-8,13-14,21,34H,9-12,15-17H2,1H3,(H2,27,28,29,30,31,32)/b4-2+,8-7+. The van der Waals surface area contributed by atoms with E-state index in [1.807, 2.05) is 25.2 Å². The van der Waals surface area contributed by atoms with E-state index in [4.69, 9.17) is 4.74 Å². The smallest absolute Gasteiger partial charge is 0.233 e. The van der Waals surface area contributed by atoms with Crippen LogP contribution in [0.4, 0.5) is 16.3 Å². The number of hydrogen-bond acceptors (Lipinski definition) is 9. The summed E-state index contributed by atoms with van der Waals surface area (Å²) in [4.78, 5) is 20.0. The average Bonchev–Trinajstić information content (AvgIpc) is 3.29. The van der Waals surface area contributed by atoms with Crippen LogP contribution in [0.15, 0.2) is 53.1 Å². The minimum absolute atomic E-state index is 0.278. The third-order valence-electron chi connectivity index (χ3n) is 5.37. The minimum Gasteiger partial charge on any atom is -0.390 e. The molecule has 1 atom stereocenters. The van der Waals surface area contributed by atoms with Crippen molar-refractivity contribution in [3.8, 4) is 0 Å². The summed E-state index contributed by atoms with van der Waals surface area (Å²) in [5.41, 5.74) is 1.77. The van der Waals surface area contributed by atoms with Gasteiger partial charge in [-0.2, -0.15) is 15.0 Å². The van der Waals surface area contributed by atoms with Gasteiger partial charge >= 0.3 is 0 Å². The fraction of sp³-hybridized carbons (Fsp3) is 0.360. The number of nitrogens with one attached hydrogen (secondary N) is 2. The summed E-state index contributed by atoms with van der Waals surface area (Å²) < 4.78 is 18.9. The summed E-state index contributed by atoms with van der Waals surface area (Å²) in [6.07, 6.45) is 8.72. The van der Waals surface area contributed by atoms with Crippen molar-refractivity contribution in [3.63, 3.8) is 0 Å². The van der Waals surface area contributed by atoms with E-state index < -0.39 is 6.10 Å². The van der Waals surface area contributed by atoms with Gasteiger partial charge in [-0.25, -0.2) is 4.39 Å². The number of aromatic nitrogens is 3. The highest BCUT2D eigenvalue weighted by molar-refractivity contribution is 6.05. The molecule has 0 aliphatic carbocycles. The summed E-state index contributed by atoms with van der Waals surface area (Å²) in [5, 5.41) is 16.7. The van der Waals surface area contributed by atoms with Gasteiger partial charge in [0.1, 0.15) is 11.7 Å². The van der Waals surface area contributed by atoms with Gasteiger partial charge in [0, 0.05) is 26.2 Å². The lowest BCUT2D eigenvalue weighted by Gasteiger charge is -2.28. The predicted molar refractivity (Wildman–Crippen MR) is 136 cm³/mol. The first-order valence-corrected chi connectivity index (χ1v) is 11.6. The third-order valence-corrected chi connectivity index (χ3v) is 5.37. The highest BCUT2D eigenvalue weighted by Crippen LogP contribution is 2.13. The fourth-order valence-corrected chi connectivity index (χ4v) is 3.69. The van der Waals surface area contributed by atoms with Crippen molar-refractivity contribution in [1.82, 2.24) is 19.9 Å². The van der Waals surface area contributed by atoms with E-state index in [1.165, 1.54) is 12.1 Å². The molecule has 3 heterocycles. The molecule has 0 bridgehead atoms. The van der Waals surface area contributed by atoms with Crippen molar-refractivity contribution >= 4 is 29.9 Å². The van der Waals surface area contributed by atoms with Crippen LogP contribution in [-0.2, 0) is 4.74 Å². The minimum atomic E-state index is -0.599. The Balaban J connectivity index is 1.48. The van der Waals surface area contributed by atoms with Crippen LogP contribution in [0.2, 0.25) is 0 Å². The number of rotatable bonds is 9. The Morgan fingerprint density at radius 3 is 2.77 bits per heavy atom. The molecular formula is C25H30FN7O2. The molecule has 10 heteroatoms. The molecule has 1 aromatic heterocycles. The van der Waals surface area contributed by atoms with Crippen molar-refractivity contribution in [3.05, 3.63) is 65.3 Å². The van der Waals surface area contributed by atoms with Gasteiger partial charge in [0.05, 0.1) is 25.9 Å². The highest BCUT2D eigenvalue weighted by atomic mass is 19.1. The Morgan fingerprint density at radius 1 is 1.14 bits per heavy atom. The second kappa shape index (κ2) is 12.3. The molecule has 184 valence electrons. The number of aliphatic hydroxyl groups is 1. The number of anilines is 2. The maximum absolute atomic E-state index is 13.5. The SMILES string of the molecule is C/C=C/C1=CC(Nc2nc(/C=C/c3cccc(F)c3)nc(NCC(O)CN3CCOCC3)n2)=NC1.